The van der Waals surface area contributed by atoms with Gasteiger partial charge >= 0.3 is 5.69 Å². The predicted molar refractivity (Wildman–Crippen MR) is 140 cm³/mol. The maximum absolute atomic E-state index is 14.4. The van der Waals surface area contributed by atoms with Crippen LogP contribution in [0.3, 0.4) is 0 Å². The van der Waals surface area contributed by atoms with E-state index in [4.69, 9.17) is 0 Å². The van der Waals surface area contributed by atoms with E-state index in [1.807, 2.05) is 42.5 Å². The monoisotopic (exact) mass is 477 g/mol. The summed E-state index contributed by atoms with van der Waals surface area (Å²) < 4.78 is 14.4. The Morgan fingerprint density at radius 1 is 0.861 bits per heavy atom. The molecule has 3 N–H and O–H groups in total. The van der Waals surface area contributed by atoms with Gasteiger partial charge in [-0.15, -0.1) is 5.10 Å². The molecule has 1 saturated carbocycles. The van der Waals surface area contributed by atoms with E-state index in [-0.39, 0.29) is 5.69 Å². The van der Waals surface area contributed by atoms with Crippen LogP contribution < -0.4 is 5.69 Å². The molecule has 0 unspecified atom stereocenters. The van der Waals surface area contributed by atoms with E-state index in [2.05, 4.69) is 61.8 Å². The van der Waals surface area contributed by atoms with Crippen LogP contribution in [0.5, 0.6) is 0 Å². The summed E-state index contributed by atoms with van der Waals surface area (Å²) in [5, 5.41) is 13.3. The van der Waals surface area contributed by atoms with Gasteiger partial charge in [0.1, 0.15) is 0 Å². The molecule has 0 amide bonds. The fourth-order valence-corrected chi connectivity index (χ4v) is 4.81. The maximum Gasteiger partial charge on any atom is 0.340 e. The molecule has 3 aromatic carbocycles. The highest BCUT2D eigenvalue weighted by molar-refractivity contribution is 6.01. The average Bonchev–Trinajstić information content (AvgIpc) is 3.47. The van der Waals surface area contributed by atoms with Crippen LogP contribution >= 0.6 is 0 Å². The molecule has 0 aliphatic heterocycles. The van der Waals surface area contributed by atoms with Crippen molar-refractivity contribution in [3.8, 4) is 0 Å². The SMILES string of the molecule is O=c1[nH]nc(C=Cc2ccc(/C(=C(\c3ccccc3)C3CCC3)c3ccc4[nH]nc(F)c4c3)cc2)[nH]1. The average molecular weight is 478 g/mol. The van der Waals surface area contributed by atoms with Gasteiger partial charge in [0.25, 0.3) is 0 Å². The first-order valence-corrected chi connectivity index (χ1v) is 12.0. The van der Waals surface area contributed by atoms with E-state index in [0.717, 1.165) is 35.1 Å². The fourth-order valence-electron chi connectivity index (χ4n) is 4.81. The van der Waals surface area contributed by atoms with Gasteiger partial charge in [0.15, 0.2) is 5.82 Å². The van der Waals surface area contributed by atoms with Crippen molar-refractivity contribution in [1.82, 2.24) is 25.4 Å². The van der Waals surface area contributed by atoms with Crippen LogP contribution in [-0.2, 0) is 0 Å². The molecule has 7 heteroatoms. The van der Waals surface area contributed by atoms with Crippen molar-refractivity contribution in [3.63, 3.8) is 0 Å². The Morgan fingerprint density at radius 3 is 2.33 bits per heavy atom. The molecule has 1 fully saturated rings. The van der Waals surface area contributed by atoms with Gasteiger partial charge in [-0.1, -0.05) is 73.2 Å². The molecule has 0 bridgehead atoms. The van der Waals surface area contributed by atoms with Crippen LogP contribution in [-0.4, -0.2) is 25.4 Å². The van der Waals surface area contributed by atoms with Crippen LogP contribution in [0.4, 0.5) is 4.39 Å². The standard InChI is InChI=1S/C29H24FN5O/c30-28-23-17-22(14-15-24(23)32-34-28)27(26(20-7-4-8-20)19-5-2-1-3-6-19)21-12-9-18(10-13-21)11-16-25-31-29(36)35-33-25/h1-3,5-6,9-17,20H,4,7-8H2,(H,32,34)(H2,31,33,35,36)/b16-11?,27-26-. The second-order valence-electron chi connectivity index (χ2n) is 9.08. The Bertz CT molecular complexity index is 1640. The Kier molecular flexibility index (Phi) is 5.65. The lowest BCUT2D eigenvalue weighted by Gasteiger charge is -2.31. The third-order valence-corrected chi connectivity index (χ3v) is 6.83. The lowest BCUT2D eigenvalue weighted by molar-refractivity contribution is 0.401. The number of nitrogens with one attached hydrogen (secondary N) is 3. The number of H-pyrrole nitrogens is 3. The quantitative estimate of drug-likeness (QED) is 0.260. The second-order valence-corrected chi connectivity index (χ2v) is 9.08. The number of fused-ring (bicyclic) bond motifs is 1. The number of benzene rings is 3. The fraction of sp³-hybridized carbons (Fsp3) is 0.138. The van der Waals surface area contributed by atoms with Gasteiger partial charge in [-0.2, -0.15) is 9.49 Å². The molecule has 0 atom stereocenters. The first-order chi connectivity index (χ1) is 17.7. The molecular formula is C29H24FN5O. The highest BCUT2D eigenvalue weighted by Crippen LogP contribution is 2.45. The minimum atomic E-state index is -0.493. The minimum absolute atomic E-state index is 0.338. The molecule has 178 valence electrons. The first kappa shape index (κ1) is 22.0. The second kappa shape index (κ2) is 9.26. The molecule has 36 heavy (non-hydrogen) atoms. The van der Waals surface area contributed by atoms with Gasteiger partial charge in [-0.25, -0.2) is 9.89 Å². The Hall–Kier alpha value is -4.52. The van der Waals surface area contributed by atoms with Gasteiger partial charge < -0.3 is 0 Å². The Balaban J connectivity index is 1.50. The van der Waals surface area contributed by atoms with Gasteiger partial charge in [-0.05, 0) is 70.4 Å². The van der Waals surface area contributed by atoms with Crippen molar-refractivity contribution >= 4 is 34.2 Å². The van der Waals surface area contributed by atoms with E-state index in [9.17, 15) is 9.18 Å². The highest BCUT2D eigenvalue weighted by atomic mass is 19.1. The predicted octanol–water partition coefficient (Wildman–Crippen LogP) is 6.04. The van der Waals surface area contributed by atoms with E-state index in [1.165, 1.54) is 17.6 Å². The molecule has 5 aromatic rings. The van der Waals surface area contributed by atoms with Crippen molar-refractivity contribution in [2.45, 2.75) is 19.3 Å². The lowest BCUT2D eigenvalue weighted by atomic mass is 9.73. The molecule has 0 spiro atoms. The molecule has 0 saturated heterocycles. The molecule has 1 aliphatic rings. The smallest absolute Gasteiger partial charge is 0.289 e. The summed E-state index contributed by atoms with van der Waals surface area (Å²) in [5.41, 5.74) is 6.94. The molecule has 0 radical (unpaired) electrons. The maximum atomic E-state index is 14.4. The molecule has 6 nitrogen and oxygen atoms in total. The summed E-state index contributed by atoms with van der Waals surface area (Å²) >= 11 is 0. The summed E-state index contributed by atoms with van der Waals surface area (Å²) in [6.07, 6.45) is 7.14. The summed E-state index contributed by atoms with van der Waals surface area (Å²) in [5.74, 6) is 0.424. The van der Waals surface area contributed by atoms with Gasteiger partial charge in [0.05, 0.1) is 10.9 Å². The first-order valence-electron chi connectivity index (χ1n) is 12.0. The zero-order valence-corrected chi connectivity index (χ0v) is 19.5. The van der Waals surface area contributed by atoms with E-state index in [0.29, 0.717) is 22.6 Å². The van der Waals surface area contributed by atoms with Crippen LogP contribution in [0.15, 0.2) is 77.6 Å². The minimum Gasteiger partial charge on any atom is -0.289 e. The van der Waals surface area contributed by atoms with Crippen molar-refractivity contribution in [2.75, 3.05) is 0 Å². The number of aromatic nitrogens is 5. The van der Waals surface area contributed by atoms with Crippen LogP contribution in [0.2, 0.25) is 0 Å². The largest absolute Gasteiger partial charge is 0.340 e. The van der Waals surface area contributed by atoms with Crippen LogP contribution in [0.25, 0.3) is 34.2 Å². The molecular weight excluding hydrogens is 453 g/mol. The highest BCUT2D eigenvalue weighted by Gasteiger charge is 2.27. The molecule has 1 aliphatic carbocycles. The lowest BCUT2D eigenvalue weighted by Crippen LogP contribution is -2.15. The number of aromatic amines is 3. The van der Waals surface area contributed by atoms with Gasteiger partial charge in [0.2, 0.25) is 5.95 Å². The number of allylic oxidation sites excluding steroid dienone is 1. The van der Waals surface area contributed by atoms with E-state index < -0.39 is 5.95 Å². The normalized spacial score (nSPS) is 14.8. The number of nitrogens with zero attached hydrogens (tertiary/aromatic N) is 2. The van der Waals surface area contributed by atoms with Gasteiger partial charge in [0, 0.05) is 0 Å². The molecule has 6 rings (SSSR count). The van der Waals surface area contributed by atoms with Crippen molar-refractivity contribution in [2.24, 2.45) is 5.92 Å². The number of hydrogen-bond acceptors (Lipinski definition) is 3. The molecule has 2 heterocycles. The number of rotatable bonds is 6. The third kappa shape index (κ3) is 4.20. The number of halogens is 1. The summed E-state index contributed by atoms with van der Waals surface area (Å²) in [6.45, 7) is 0. The van der Waals surface area contributed by atoms with Crippen molar-refractivity contribution in [1.29, 1.82) is 0 Å². The molecule has 2 aromatic heterocycles. The Labute approximate surface area is 206 Å². The van der Waals surface area contributed by atoms with E-state index >= 15 is 0 Å². The zero-order valence-electron chi connectivity index (χ0n) is 19.5. The van der Waals surface area contributed by atoms with Crippen molar-refractivity contribution < 1.29 is 4.39 Å². The summed E-state index contributed by atoms with van der Waals surface area (Å²) in [6, 6.07) is 24.6. The Morgan fingerprint density at radius 2 is 1.64 bits per heavy atom. The third-order valence-electron chi connectivity index (χ3n) is 6.83. The number of hydrogen-bond donors (Lipinski definition) is 3. The topological polar surface area (TPSA) is 90.2 Å². The van der Waals surface area contributed by atoms with E-state index in [1.54, 1.807) is 6.08 Å². The van der Waals surface area contributed by atoms with Crippen LogP contribution in [0.1, 0.15) is 47.3 Å². The summed E-state index contributed by atoms with van der Waals surface area (Å²) in [4.78, 5) is 13.9. The summed E-state index contributed by atoms with van der Waals surface area (Å²) in [7, 11) is 0. The van der Waals surface area contributed by atoms with Crippen molar-refractivity contribution in [3.05, 3.63) is 117 Å². The zero-order chi connectivity index (χ0) is 24.5. The van der Waals surface area contributed by atoms with Gasteiger partial charge in [-0.3, -0.25) is 10.1 Å². The van der Waals surface area contributed by atoms with Crippen LogP contribution in [0, 0.1) is 11.9 Å².